The molecule has 0 heterocycles. The van der Waals surface area contributed by atoms with Crippen molar-refractivity contribution in [2.24, 2.45) is 0 Å². The highest BCUT2D eigenvalue weighted by atomic mass is 35.5. The third-order valence-electron chi connectivity index (χ3n) is 3.44. The van der Waals surface area contributed by atoms with E-state index in [-0.39, 0.29) is 11.9 Å². The van der Waals surface area contributed by atoms with Crippen LogP contribution in [0.1, 0.15) is 28.4 Å². The zero-order valence-electron chi connectivity index (χ0n) is 12.2. The number of anilines is 1. The number of aryl methyl sites for hydroxylation is 1. The number of benzene rings is 2. The number of amides is 1. The third-order valence-corrected chi connectivity index (χ3v) is 3.86. The van der Waals surface area contributed by atoms with E-state index >= 15 is 0 Å². The van der Waals surface area contributed by atoms with Crippen LogP contribution in [-0.4, -0.2) is 11.9 Å². The van der Waals surface area contributed by atoms with Gasteiger partial charge in [0.25, 0.3) is 5.91 Å². The fraction of sp³-hybridized carbons (Fsp3) is 0.235. The maximum Gasteiger partial charge on any atom is 0.253 e. The second-order valence-electron chi connectivity index (χ2n) is 5.21. The number of nitrogen functional groups attached to an aromatic ring is 1. The van der Waals surface area contributed by atoms with Crippen LogP contribution in [0.25, 0.3) is 0 Å². The lowest BCUT2D eigenvalue weighted by Crippen LogP contribution is -2.34. The molecule has 110 valence electrons. The molecule has 4 heteroatoms. The Morgan fingerprint density at radius 1 is 1.24 bits per heavy atom. The molecule has 2 aromatic rings. The summed E-state index contributed by atoms with van der Waals surface area (Å²) < 4.78 is 0. The summed E-state index contributed by atoms with van der Waals surface area (Å²) in [6, 6.07) is 13.2. The Morgan fingerprint density at radius 2 is 1.95 bits per heavy atom. The number of rotatable bonds is 4. The number of nitrogens with two attached hydrogens (primary N) is 1. The molecule has 3 N–H and O–H groups in total. The van der Waals surface area contributed by atoms with E-state index in [1.54, 1.807) is 18.2 Å². The van der Waals surface area contributed by atoms with Crippen LogP contribution in [0.5, 0.6) is 0 Å². The quantitative estimate of drug-likeness (QED) is 0.848. The second-order valence-corrected chi connectivity index (χ2v) is 5.59. The van der Waals surface area contributed by atoms with Crippen LogP contribution >= 0.6 is 11.6 Å². The zero-order valence-corrected chi connectivity index (χ0v) is 12.9. The first-order chi connectivity index (χ1) is 9.99. The van der Waals surface area contributed by atoms with Gasteiger partial charge in [0.1, 0.15) is 0 Å². The summed E-state index contributed by atoms with van der Waals surface area (Å²) in [4.78, 5) is 12.3. The maximum absolute atomic E-state index is 12.3. The molecule has 0 aromatic heterocycles. The van der Waals surface area contributed by atoms with Crippen molar-refractivity contribution in [1.82, 2.24) is 5.32 Å². The first-order valence-corrected chi connectivity index (χ1v) is 7.26. The van der Waals surface area contributed by atoms with Gasteiger partial charge in [-0.2, -0.15) is 0 Å². The monoisotopic (exact) mass is 302 g/mol. The summed E-state index contributed by atoms with van der Waals surface area (Å²) in [5, 5.41) is 3.26. The summed E-state index contributed by atoms with van der Waals surface area (Å²) >= 11 is 6.07. The number of halogens is 1. The Morgan fingerprint density at radius 3 is 2.67 bits per heavy atom. The lowest BCUT2D eigenvalue weighted by molar-refractivity contribution is 0.0940. The fourth-order valence-electron chi connectivity index (χ4n) is 2.25. The van der Waals surface area contributed by atoms with Gasteiger partial charge in [0.15, 0.2) is 0 Å². The van der Waals surface area contributed by atoms with Crippen LogP contribution in [0.15, 0.2) is 42.5 Å². The molecule has 3 nitrogen and oxygen atoms in total. The lowest BCUT2D eigenvalue weighted by Gasteiger charge is -2.16. The molecule has 2 rings (SSSR count). The molecule has 0 saturated carbocycles. The Hall–Kier alpha value is -2.00. The minimum atomic E-state index is -0.201. The molecule has 1 amide bonds. The molecule has 0 fully saturated rings. The first kappa shape index (κ1) is 15.4. The van der Waals surface area contributed by atoms with Crippen molar-refractivity contribution in [3.63, 3.8) is 0 Å². The first-order valence-electron chi connectivity index (χ1n) is 6.88. The number of carbonyl (C=O) groups excluding carboxylic acids is 1. The highest BCUT2D eigenvalue weighted by Gasteiger charge is 2.15. The molecular formula is C17H19ClN2O. The van der Waals surface area contributed by atoms with Crippen molar-refractivity contribution in [2.45, 2.75) is 26.3 Å². The van der Waals surface area contributed by atoms with E-state index in [4.69, 9.17) is 17.3 Å². The minimum Gasteiger partial charge on any atom is -0.398 e. The normalized spacial score (nSPS) is 12.0. The third kappa shape index (κ3) is 3.76. The van der Waals surface area contributed by atoms with Gasteiger partial charge in [-0.25, -0.2) is 0 Å². The van der Waals surface area contributed by atoms with Gasteiger partial charge in [0.2, 0.25) is 0 Å². The SMILES string of the molecule is Cc1ccccc1CC(C)NC(=O)c1cccc(N)c1Cl. The second kappa shape index (κ2) is 6.64. The van der Waals surface area contributed by atoms with Crippen molar-refractivity contribution in [3.8, 4) is 0 Å². The largest absolute Gasteiger partial charge is 0.398 e. The average Bonchev–Trinajstić information content (AvgIpc) is 2.44. The molecule has 0 radical (unpaired) electrons. The topological polar surface area (TPSA) is 55.1 Å². The molecular weight excluding hydrogens is 284 g/mol. The highest BCUT2D eigenvalue weighted by molar-refractivity contribution is 6.36. The van der Waals surface area contributed by atoms with E-state index in [0.29, 0.717) is 16.3 Å². The van der Waals surface area contributed by atoms with Gasteiger partial charge in [-0.05, 0) is 43.5 Å². The number of hydrogen-bond acceptors (Lipinski definition) is 2. The Balaban J connectivity index is 2.06. The predicted octanol–water partition coefficient (Wildman–Crippen LogP) is 3.59. The molecule has 0 aliphatic heterocycles. The predicted molar refractivity (Wildman–Crippen MR) is 87.7 cm³/mol. The van der Waals surface area contributed by atoms with Crippen molar-refractivity contribution >= 4 is 23.2 Å². The van der Waals surface area contributed by atoms with Gasteiger partial charge in [-0.3, -0.25) is 4.79 Å². The average molecular weight is 303 g/mol. The van der Waals surface area contributed by atoms with E-state index in [0.717, 1.165) is 6.42 Å². The van der Waals surface area contributed by atoms with E-state index < -0.39 is 0 Å². The van der Waals surface area contributed by atoms with Gasteiger partial charge >= 0.3 is 0 Å². The van der Waals surface area contributed by atoms with Crippen molar-refractivity contribution < 1.29 is 4.79 Å². The van der Waals surface area contributed by atoms with Crippen molar-refractivity contribution in [2.75, 3.05) is 5.73 Å². The van der Waals surface area contributed by atoms with E-state index in [2.05, 4.69) is 24.4 Å². The van der Waals surface area contributed by atoms with Gasteiger partial charge in [-0.15, -0.1) is 0 Å². The Bertz CT molecular complexity index is 655. The van der Waals surface area contributed by atoms with Gasteiger partial charge < -0.3 is 11.1 Å². The summed E-state index contributed by atoms with van der Waals surface area (Å²) in [5.74, 6) is -0.201. The van der Waals surface area contributed by atoms with Gasteiger partial charge in [0.05, 0.1) is 16.3 Å². The Kier molecular flexibility index (Phi) is 4.86. The number of hydrogen-bond donors (Lipinski definition) is 2. The smallest absolute Gasteiger partial charge is 0.253 e. The molecule has 0 aliphatic carbocycles. The number of carbonyl (C=O) groups is 1. The molecule has 1 atom stereocenters. The number of nitrogens with one attached hydrogen (secondary N) is 1. The van der Waals surface area contributed by atoms with E-state index in [9.17, 15) is 4.79 Å². The van der Waals surface area contributed by atoms with Crippen LogP contribution in [0, 0.1) is 6.92 Å². The van der Waals surface area contributed by atoms with E-state index in [1.807, 2.05) is 19.1 Å². The van der Waals surface area contributed by atoms with Crippen LogP contribution in [0.2, 0.25) is 5.02 Å². The van der Waals surface area contributed by atoms with Gasteiger partial charge in [0, 0.05) is 6.04 Å². The standard InChI is InChI=1S/C17H19ClN2O/c1-11-6-3-4-7-13(11)10-12(2)20-17(21)14-8-5-9-15(19)16(14)18/h3-9,12H,10,19H2,1-2H3,(H,20,21). The van der Waals surface area contributed by atoms with E-state index in [1.165, 1.54) is 11.1 Å². The van der Waals surface area contributed by atoms with Crippen LogP contribution < -0.4 is 11.1 Å². The summed E-state index contributed by atoms with van der Waals surface area (Å²) in [5.41, 5.74) is 8.99. The van der Waals surface area contributed by atoms with Crippen molar-refractivity contribution in [1.29, 1.82) is 0 Å². The van der Waals surface area contributed by atoms with Gasteiger partial charge in [-0.1, -0.05) is 41.9 Å². The Labute approximate surface area is 130 Å². The lowest BCUT2D eigenvalue weighted by atomic mass is 10.0. The molecule has 0 aliphatic rings. The summed E-state index contributed by atoms with van der Waals surface area (Å²) in [6.07, 6.45) is 0.776. The van der Waals surface area contributed by atoms with Crippen LogP contribution in [0.4, 0.5) is 5.69 Å². The minimum absolute atomic E-state index is 0.0103. The summed E-state index contributed by atoms with van der Waals surface area (Å²) in [7, 11) is 0. The van der Waals surface area contributed by atoms with Crippen LogP contribution in [-0.2, 0) is 6.42 Å². The summed E-state index contributed by atoms with van der Waals surface area (Å²) in [6.45, 7) is 4.04. The molecule has 2 aromatic carbocycles. The molecule has 0 spiro atoms. The molecule has 1 unspecified atom stereocenters. The molecule has 0 bridgehead atoms. The van der Waals surface area contributed by atoms with Crippen molar-refractivity contribution in [3.05, 3.63) is 64.2 Å². The van der Waals surface area contributed by atoms with Crippen LogP contribution in [0.3, 0.4) is 0 Å². The zero-order chi connectivity index (χ0) is 15.4. The molecule has 0 saturated heterocycles. The fourth-order valence-corrected chi connectivity index (χ4v) is 2.46. The maximum atomic E-state index is 12.3. The molecule has 21 heavy (non-hydrogen) atoms. The highest BCUT2D eigenvalue weighted by Crippen LogP contribution is 2.23.